The van der Waals surface area contributed by atoms with E-state index in [2.05, 4.69) is 11.0 Å². The first-order chi connectivity index (χ1) is 15.5. The second-order valence-electron chi connectivity index (χ2n) is 7.92. The molecule has 0 bridgehead atoms. The number of hydrogen-bond donors (Lipinski definition) is 0. The normalized spacial score (nSPS) is 14.0. The molecule has 0 saturated carbocycles. The summed E-state index contributed by atoms with van der Waals surface area (Å²) in [7, 11) is 3.23. The van der Waals surface area contributed by atoms with E-state index in [-0.39, 0.29) is 18.0 Å². The lowest BCUT2D eigenvalue weighted by molar-refractivity contribution is -0.131. The molecule has 4 rings (SSSR count). The Hall–Kier alpha value is -3.48. The van der Waals surface area contributed by atoms with Crippen LogP contribution >= 0.6 is 0 Å². The van der Waals surface area contributed by atoms with Crippen molar-refractivity contribution in [1.82, 2.24) is 4.90 Å². The minimum Gasteiger partial charge on any atom is -0.497 e. The number of anilines is 1. The summed E-state index contributed by atoms with van der Waals surface area (Å²) in [6.07, 6.45) is 0.650. The minimum absolute atomic E-state index is 0.0592. The van der Waals surface area contributed by atoms with Gasteiger partial charge in [-0.2, -0.15) is 0 Å². The molecule has 1 aliphatic heterocycles. The van der Waals surface area contributed by atoms with Crippen LogP contribution in [0.1, 0.15) is 17.5 Å². The molecule has 2 heterocycles. The molecule has 0 atom stereocenters. The van der Waals surface area contributed by atoms with Crippen LogP contribution in [0.2, 0.25) is 0 Å². The number of hydrogen-bond acceptors (Lipinski definition) is 6. The zero-order valence-corrected chi connectivity index (χ0v) is 18.7. The molecule has 0 radical (unpaired) electrons. The quantitative estimate of drug-likeness (QED) is 0.552. The Balaban J connectivity index is 1.39. The monoisotopic (exact) mass is 436 g/mol. The number of amides is 1. The standard InChI is InChI=1S/C25H28N2O5/c1-17-21-8-7-20(31-3)16-23(21)32-25(29)22(17)9-10-24(28)27-13-11-26(12-14-27)18-5-4-6-19(15-18)30-2/h4-8,15-16H,9-14H2,1-3H3. The predicted octanol–water partition coefficient (Wildman–Crippen LogP) is 3.40. The van der Waals surface area contributed by atoms with Gasteiger partial charge in [-0.05, 0) is 43.2 Å². The Morgan fingerprint density at radius 1 is 1.00 bits per heavy atom. The van der Waals surface area contributed by atoms with Gasteiger partial charge in [-0.1, -0.05) is 6.07 Å². The van der Waals surface area contributed by atoms with Crippen molar-refractivity contribution in [3.05, 3.63) is 64.0 Å². The summed E-state index contributed by atoms with van der Waals surface area (Å²) in [6.45, 7) is 4.73. The van der Waals surface area contributed by atoms with Gasteiger partial charge in [0.2, 0.25) is 5.91 Å². The van der Waals surface area contributed by atoms with Gasteiger partial charge < -0.3 is 23.7 Å². The van der Waals surface area contributed by atoms with Crippen LogP contribution in [0, 0.1) is 6.92 Å². The van der Waals surface area contributed by atoms with E-state index in [4.69, 9.17) is 13.9 Å². The fourth-order valence-corrected chi connectivity index (χ4v) is 4.20. The fourth-order valence-electron chi connectivity index (χ4n) is 4.20. The predicted molar refractivity (Wildman–Crippen MR) is 124 cm³/mol. The first-order valence-corrected chi connectivity index (χ1v) is 10.8. The van der Waals surface area contributed by atoms with Crippen LogP contribution in [0.25, 0.3) is 11.0 Å². The summed E-state index contributed by atoms with van der Waals surface area (Å²) in [5.41, 5.74) is 2.62. The van der Waals surface area contributed by atoms with Gasteiger partial charge in [-0.15, -0.1) is 0 Å². The Morgan fingerprint density at radius 3 is 2.44 bits per heavy atom. The van der Waals surface area contributed by atoms with Gasteiger partial charge in [0.05, 0.1) is 14.2 Å². The number of benzene rings is 2. The number of piperazine rings is 1. The molecular formula is C25H28N2O5. The van der Waals surface area contributed by atoms with Crippen LogP contribution < -0.4 is 20.0 Å². The van der Waals surface area contributed by atoms with Crippen LogP contribution in [-0.4, -0.2) is 51.2 Å². The molecule has 3 aromatic rings. The van der Waals surface area contributed by atoms with Gasteiger partial charge in [-0.3, -0.25) is 4.79 Å². The van der Waals surface area contributed by atoms with E-state index in [0.29, 0.717) is 36.4 Å². The number of fused-ring (bicyclic) bond motifs is 1. The van der Waals surface area contributed by atoms with Crippen molar-refractivity contribution >= 4 is 22.6 Å². The molecule has 0 N–H and O–H groups in total. The number of nitrogens with zero attached hydrogens (tertiary/aromatic N) is 2. The number of methoxy groups -OCH3 is 2. The maximum atomic E-state index is 12.8. The number of ether oxygens (including phenoxy) is 2. The van der Waals surface area contributed by atoms with Crippen LogP contribution in [0.15, 0.2) is 51.7 Å². The summed E-state index contributed by atoms with van der Waals surface area (Å²) < 4.78 is 16.0. The maximum Gasteiger partial charge on any atom is 0.339 e. The maximum absolute atomic E-state index is 12.8. The summed E-state index contributed by atoms with van der Waals surface area (Å²) in [4.78, 5) is 29.5. The number of carbonyl (C=O) groups excluding carboxylic acids is 1. The highest BCUT2D eigenvalue weighted by Crippen LogP contribution is 2.25. The first kappa shape index (κ1) is 21.7. The summed E-state index contributed by atoms with van der Waals surface area (Å²) in [5.74, 6) is 1.52. The Kier molecular flexibility index (Phi) is 6.35. The van der Waals surface area contributed by atoms with E-state index in [0.717, 1.165) is 35.5 Å². The van der Waals surface area contributed by atoms with Crippen LogP contribution in [-0.2, 0) is 11.2 Å². The van der Waals surface area contributed by atoms with E-state index >= 15 is 0 Å². The highest BCUT2D eigenvalue weighted by Gasteiger charge is 2.22. The molecule has 0 aliphatic carbocycles. The van der Waals surface area contributed by atoms with E-state index < -0.39 is 0 Å². The second-order valence-corrected chi connectivity index (χ2v) is 7.92. The zero-order valence-electron chi connectivity index (χ0n) is 18.7. The molecule has 0 unspecified atom stereocenters. The molecular weight excluding hydrogens is 408 g/mol. The lowest BCUT2D eigenvalue weighted by Gasteiger charge is -2.36. The van der Waals surface area contributed by atoms with Crippen molar-refractivity contribution in [2.24, 2.45) is 0 Å². The molecule has 32 heavy (non-hydrogen) atoms. The third-order valence-electron chi connectivity index (χ3n) is 6.13. The SMILES string of the molecule is COc1cccc(N2CCN(C(=O)CCc3c(C)c4ccc(OC)cc4oc3=O)CC2)c1. The molecule has 0 spiro atoms. The van der Waals surface area contributed by atoms with Gasteiger partial charge in [0.25, 0.3) is 0 Å². The van der Waals surface area contributed by atoms with E-state index in [9.17, 15) is 9.59 Å². The molecule has 1 aliphatic rings. The average molecular weight is 437 g/mol. The molecule has 1 aromatic heterocycles. The molecule has 1 fully saturated rings. The largest absolute Gasteiger partial charge is 0.497 e. The second kappa shape index (κ2) is 9.34. The van der Waals surface area contributed by atoms with E-state index in [1.165, 1.54) is 0 Å². The van der Waals surface area contributed by atoms with Gasteiger partial charge in [0.1, 0.15) is 17.1 Å². The molecule has 7 nitrogen and oxygen atoms in total. The first-order valence-electron chi connectivity index (χ1n) is 10.8. The number of rotatable bonds is 6. The van der Waals surface area contributed by atoms with Gasteiger partial charge >= 0.3 is 5.63 Å². The summed E-state index contributed by atoms with van der Waals surface area (Å²) in [5, 5.41) is 0.861. The van der Waals surface area contributed by atoms with E-state index in [1.807, 2.05) is 42.2 Å². The smallest absolute Gasteiger partial charge is 0.339 e. The molecule has 168 valence electrons. The van der Waals surface area contributed by atoms with Gasteiger partial charge in [-0.25, -0.2) is 4.79 Å². The lowest BCUT2D eigenvalue weighted by atomic mass is 10.0. The Labute approximate surface area is 187 Å². The minimum atomic E-state index is -0.390. The molecule has 7 heteroatoms. The third-order valence-corrected chi connectivity index (χ3v) is 6.13. The van der Waals surface area contributed by atoms with Crippen molar-refractivity contribution in [3.8, 4) is 11.5 Å². The zero-order chi connectivity index (χ0) is 22.7. The summed E-state index contributed by atoms with van der Waals surface area (Å²) in [6, 6.07) is 13.4. The third kappa shape index (κ3) is 4.42. The van der Waals surface area contributed by atoms with Crippen LogP contribution in [0.4, 0.5) is 5.69 Å². The molecule has 2 aromatic carbocycles. The van der Waals surface area contributed by atoms with Crippen LogP contribution in [0.5, 0.6) is 11.5 Å². The highest BCUT2D eigenvalue weighted by atomic mass is 16.5. The van der Waals surface area contributed by atoms with Gasteiger partial charge in [0, 0.05) is 61.4 Å². The van der Waals surface area contributed by atoms with Crippen LogP contribution in [0.3, 0.4) is 0 Å². The van der Waals surface area contributed by atoms with E-state index in [1.54, 1.807) is 20.3 Å². The highest BCUT2D eigenvalue weighted by molar-refractivity contribution is 5.83. The molecule has 1 amide bonds. The lowest BCUT2D eigenvalue weighted by Crippen LogP contribution is -2.48. The van der Waals surface area contributed by atoms with Gasteiger partial charge in [0.15, 0.2) is 0 Å². The Bertz CT molecular complexity index is 1180. The fraction of sp³-hybridized carbons (Fsp3) is 0.360. The topological polar surface area (TPSA) is 72.2 Å². The van der Waals surface area contributed by atoms with Crippen molar-refractivity contribution in [1.29, 1.82) is 0 Å². The van der Waals surface area contributed by atoms with Crippen molar-refractivity contribution in [3.63, 3.8) is 0 Å². The van der Waals surface area contributed by atoms with Crippen molar-refractivity contribution < 1.29 is 18.7 Å². The van der Waals surface area contributed by atoms with Crippen molar-refractivity contribution in [2.45, 2.75) is 19.8 Å². The number of carbonyl (C=O) groups is 1. The number of aryl methyl sites for hydroxylation is 1. The molecule has 1 saturated heterocycles. The average Bonchev–Trinajstić information content (AvgIpc) is 2.83. The Morgan fingerprint density at radius 2 is 1.72 bits per heavy atom. The van der Waals surface area contributed by atoms with Crippen molar-refractivity contribution in [2.75, 3.05) is 45.3 Å². The summed E-state index contributed by atoms with van der Waals surface area (Å²) >= 11 is 0.